The first-order valence-corrected chi connectivity index (χ1v) is 9.22. The van der Waals surface area contributed by atoms with E-state index in [2.05, 4.69) is 78.1 Å². The number of hydrogen-bond donors (Lipinski definition) is 0. The monoisotopic (exact) mass is 334 g/mol. The lowest BCUT2D eigenvalue weighted by atomic mass is 9.92. The summed E-state index contributed by atoms with van der Waals surface area (Å²) in [7, 11) is 0. The van der Waals surface area contributed by atoms with E-state index in [0.717, 1.165) is 18.5 Å². The fraction of sp³-hybridized carbons (Fsp3) is 0.125. The molecule has 6 rings (SSSR count). The molecule has 0 N–H and O–H groups in total. The van der Waals surface area contributed by atoms with Gasteiger partial charge in [-0.3, -0.25) is 4.40 Å². The number of hydrogen-bond acceptors (Lipinski definition) is 1. The molecule has 124 valence electrons. The van der Waals surface area contributed by atoms with E-state index in [1.54, 1.807) is 0 Å². The van der Waals surface area contributed by atoms with Crippen molar-refractivity contribution < 1.29 is 0 Å². The number of aromatic nitrogens is 2. The zero-order valence-electron chi connectivity index (χ0n) is 14.7. The van der Waals surface area contributed by atoms with Crippen LogP contribution >= 0.6 is 0 Å². The molecule has 5 aromatic rings. The maximum Gasteiger partial charge on any atom is 0.145 e. The summed E-state index contributed by atoms with van der Waals surface area (Å²) < 4.78 is 2.42. The van der Waals surface area contributed by atoms with Crippen molar-refractivity contribution in [3.63, 3.8) is 0 Å². The molecule has 0 unspecified atom stereocenters. The average molecular weight is 334 g/mol. The van der Waals surface area contributed by atoms with E-state index >= 15 is 0 Å². The Morgan fingerprint density at radius 2 is 1.54 bits per heavy atom. The van der Waals surface area contributed by atoms with Crippen molar-refractivity contribution in [2.75, 3.05) is 0 Å². The topological polar surface area (TPSA) is 17.3 Å². The molecule has 0 spiro atoms. The molecule has 2 heteroatoms. The Hall–Kier alpha value is -3.13. The van der Waals surface area contributed by atoms with Crippen LogP contribution in [0.2, 0.25) is 0 Å². The van der Waals surface area contributed by atoms with Gasteiger partial charge in [-0.05, 0) is 54.0 Å². The summed E-state index contributed by atoms with van der Waals surface area (Å²) in [5, 5.41) is 3.88. The first-order chi connectivity index (χ1) is 12.8. The van der Waals surface area contributed by atoms with Crippen molar-refractivity contribution in [3.05, 3.63) is 83.7 Å². The Kier molecular flexibility index (Phi) is 2.68. The van der Waals surface area contributed by atoms with Crippen LogP contribution in [0.4, 0.5) is 0 Å². The molecule has 0 aliphatic carbocycles. The van der Waals surface area contributed by atoms with E-state index in [0.29, 0.717) is 0 Å². The number of imidazole rings is 1. The summed E-state index contributed by atoms with van der Waals surface area (Å²) in [5.74, 6) is 0. The van der Waals surface area contributed by atoms with Crippen molar-refractivity contribution in [1.29, 1.82) is 0 Å². The highest BCUT2D eigenvalue weighted by Crippen LogP contribution is 2.38. The first kappa shape index (κ1) is 14.1. The molecule has 3 aromatic carbocycles. The predicted octanol–water partition coefficient (Wildman–Crippen LogP) is 5.71. The van der Waals surface area contributed by atoms with Gasteiger partial charge in [0, 0.05) is 16.5 Å². The molecule has 0 atom stereocenters. The van der Waals surface area contributed by atoms with E-state index in [4.69, 9.17) is 4.98 Å². The van der Waals surface area contributed by atoms with Crippen LogP contribution in [0, 0.1) is 6.92 Å². The number of fused-ring (bicyclic) bond motifs is 3. The number of aryl methyl sites for hydroxylation is 3. The second-order valence-electron chi connectivity index (χ2n) is 7.25. The highest BCUT2D eigenvalue weighted by molar-refractivity contribution is 6.13. The summed E-state index contributed by atoms with van der Waals surface area (Å²) in [6, 6.07) is 24.1. The van der Waals surface area contributed by atoms with Crippen LogP contribution in [-0.2, 0) is 12.8 Å². The fourth-order valence-electron chi connectivity index (χ4n) is 4.60. The maximum absolute atomic E-state index is 4.94. The van der Waals surface area contributed by atoms with Gasteiger partial charge in [-0.1, -0.05) is 54.6 Å². The minimum atomic E-state index is 1.06. The summed E-state index contributed by atoms with van der Waals surface area (Å²) in [5.41, 5.74) is 9.01. The molecule has 0 bridgehead atoms. The van der Waals surface area contributed by atoms with E-state index in [1.165, 1.54) is 49.8 Å². The molecule has 0 saturated carbocycles. The van der Waals surface area contributed by atoms with Gasteiger partial charge in [0.15, 0.2) is 0 Å². The number of nitrogens with zero attached hydrogens (tertiary/aromatic N) is 2. The second-order valence-corrected chi connectivity index (χ2v) is 7.25. The second kappa shape index (κ2) is 4.95. The number of benzene rings is 3. The van der Waals surface area contributed by atoms with Crippen LogP contribution in [0.25, 0.3) is 38.4 Å². The van der Waals surface area contributed by atoms with Crippen LogP contribution in [0.5, 0.6) is 0 Å². The molecule has 3 heterocycles. The molecule has 0 amide bonds. The van der Waals surface area contributed by atoms with Gasteiger partial charge in [0.2, 0.25) is 0 Å². The van der Waals surface area contributed by atoms with E-state index in [1.807, 2.05) is 0 Å². The molecule has 2 nitrogen and oxygen atoms in total. The third-order valence-electron chi connectivity index (χ3n) is 5.78. The van der Waals surface area contributed by atoms with Gasteiger partial charge in [-0.2, -0.15) is 0 Å². The molecule has 0 saturated heterocycles. The van der Waals surface area contributed by atoms with Crippen molar-refractivity contribution in [1.82, 2.24) is 9.38 Å². The van der Waals surface area contributed by atoms with Crippen LogP contribution in [0.3, 0.4) is 0 Å². The van der Waals surface area contributed by atoms with Crippen molar-refractivity contribution in [2.45, 2.75) is 19.8 Å². The Morgan fingerprint density at radius 3 is 2.38 bits per heavy atom. The Bertz CT molecular complexity index is 1330. The lowest BCUT2D eigenvalue weighted by Gasteiger charge is -2.20. The molecule has 26 heavy (non-hydrogen) atoms. The molecular weight excluding hydrogens is 316 g/mol. The highest BCUT2D eigenvalue weighted by atomic mass is 15.0. The Labute approximate surface area is 151 Å². The van der Waals surface area contributed by atoms with Crippen LogP contribution in [0.15, 0.2) is 66.7 Å². The first-order valence-electron chi connectivity index (χ1n) is 9.22. The summed E-state index contributed by atoms with van der Waals surface area (Å²) in [4.78, 5) is 4.94. The van der Waals surface area contributed by atoms with Crippen molar-refractivity contribution in [3.8, 4) is 11.1 Å². The van der Waals surface area contributed by atoms with Crippen LogP contribution in [-0.4, -0.2) is 9.38 Å². The largest absolute Gasteiger partial charge is 0.296 e. The van der Waals surface area contributed by atoms with Gasteiger partial charge < -0.3 is 0 Å². The van der Waals surface area contributed by atoms with Gasteiger partial charge in [-0.15, -0.1) is 0 Å². The minimum absolute atomic E-state index is 1.06. The zero-order chi connectivity index (χ0) is 17.3. The molecule has 1 aliphatic heterocycles. The lowest BCUT2D eigenvalue weighted by molar-refractivity contribution is 0.866. The minimum Gasteiger partial charge on any atom is -0.296 e. The van der Waals surface area contributed by atoms with Crippen LogP contribution in [0.1, 0.15) is 17.0 Å². The van der Waals surface area contributed by atoms with Gasteiger partial charge in [0.05, 0.1) is 11.2 Å². The standard InChI is InChI=1S/C24H18N2/c1-15-22-12-11-17-13-18(16-7-3-2-4-8-16)14-21-19-9-5-6-10-20(19)24(25-15)26(22)23(17)21/h2-10,13-14H,11-12H2,1H3. The van der Waals surface area contributed by atoms with Gasteiger partial charge >= 0.3 is 0 Å². The predicted molar refractivity (Wildman–Crippen MR) is 108 cm³/mol. The third-order valence-corrected chi connectivity index (χ3v) is 5.78. The normalized spacial score (nSPS) is 13.3. The van der Waals surface area contributed by atoms with Gasteiger partial charge in [-0.25, -0.2) is 4.98 Å². The van der Waals surface area contributed by atoms with E-state index in [-0.39, 0.29) is 0 Å². The van der Waals surface area contributed by atoms with Crippen LogP contribution < -0.4 is 0 Å². The lowest BCUT2D eigenvalue weighted by Crippen LogP contribution is -2.08. The molecular formula is C24H18N2. The Morgan fingerprint density at radius 1 is 0.769 bits per heavy atom. The van der Waals surface area contributed by atoms with E-state index in [9.17, 15) is 0 Å². The highest BCUT2D eigenvalue weighted by Gasteiger charge is 2.22. The maximum atomic E-state index is 4.94. The van der Waals surface area contributed by atoms with Crippen molar-refractivity contribution in [2.24, 2.45) is 0 Å². The fourth-order valence-corrected chi connectivity index (χ4v) is 4.60. The molecule has 0 radical (unpaired) electrons. The third kappa shape index (κ3) is 1.74. The molecule has 0 fully saturated rings. The SMILES string of the molecule is Cc1nc2c3ccccc3c3cc(-c4ccccc4)cc4c3n2c1CC4. The van der Waals surface area contributed by atoms with Crippen molar-refractivity contribution >= 4 is 27.3 Å². The Balaban J connectivity index is 1.87. The van der Waals surface area contributed by atoms with E-state index < -0.39 is 0 Å². The summed E-state index contributed by atoms with van der Waals surface area (Å²) in [6.07, 6.45) is 2.14. The smallest absolute Gasteiger partial charge is 0.145 e. The zero-order valence-corrected chi connectivity index (χ0v) is 14.7. The summed E-state index contributed by atoms with van der Waals surface area (Å²) >= 11 is 0. The average Bonchev–Trinajstić information content (AvgIpc) is 3.05. The molecule has 1 aliphatic rings. The number of pyridine rings is 1. The summed E-state index contributed by atoms with van der Waals surface area (Å²) in [6.45, 7) is 2.15. The number of rotatable bonds is 1. The van der Waals surface area contributed by atoms with Gasteiger partial charge in [0.25, 0.3) is 0 Å². The van der Waals surface area contributed by atoms with Gasteiger partial charge in [0.1, 0.15) is 5.65 Å². The molecule has 2 aromatic heterocycles. The quantitative estimate of drug-likeness (QED) is 0.359.